The maximum Gasteiger partial charge on any atom is 0.0243 e. The fourth-order valence-electron chi connectivity index (χ4n) is 2.27. The molecule has 1 atom stereocenters. The van der Waals surface area contributed by atoms with Gasteiger partial charge in [0.15, 0.2) is 0 Å². The zero-order valence-corrected chi connectivity index (χ0v) is 13.0. The first-order chi connectivity index (χ1) is 9.49. The first-order valence-electron chi connectivity index (χ1n) is 7.35. The summed E-state index contributed by atoms with van der Waals surface area (Å²) in [6.45, 7) is 10.1. The van der Waals surface area contributed by atoms with Crippen LogP contribution in [0.4, 0.5) is 0 Å². The van der Waals surface area contributed by atoms with E-state index in [1.54, 1.807) is 0 Å². The van der Waals surface area contributed by atoms with Gasteiger partial charge in [0.1, 0.15) is 0 Å². The Morgan fingerprint density at radius 2 is 2.05 bits per heavy atom. The second kappa shape index (κ2) is 8.42. The van der Waals surface area contributed by atoms with Crippen LogP contribution in [0.3, 0.4) is 0 Å². The number of hydrogen-bond acceptors (Lipinski definition) is 1. The van der Waals surface area contributed by atoms with Gasteiger partial charge in [0.25, 0.3) is 0 Å². The summed E-state index contributed by atoms with van der Waals surface area (Å²) in [4.78, 5) is 0. The Hall–Kier alpha value is -1.76. The molecule has 2 N–H and O–H groups in total. The van der Waals surface area contributed by atoms with Crippen molar-refractivity contribution in [3.8, 4) is 0 Å². The van der Waals surface area contributed by atoms with Crippen LogP contribution in [0.25, 0.3) is 0 Å². The maximum absolute atomic E-state index is 5.53. The van der Waals surface area contributed by atoms with E-state index in [0.29, 0.717) is 11.6 Å². The lowest BCUT2D eigenvalue weighted by Crippen LogP contribution is -2.02. The summed E-state index contributed by atoms with van der Waals surface area (Å²) < 4.78 is 0. The number of hydrogen-bond donors (Lipinski definition) is 1. The smallest absolute Gasteiger partial charge is 0.0243 e. The van der Waals surface area contributed by atoms with Gasteiger partial charge in [-0.2, -0.15) is 0 Å². The monoisotopic (exact) mass is 269 g/mol. The average molecular weight is 269 g/mol. The fourth-order valence-corrected chi connectivity index (χ4v) is 2.27. The molecule has 0 aromatic rings. The largest absolute Gasteiger partial charge is 0.399 e. The lowest BCUT2D eigenvalue weighted by atomic mass is 9.89. The van der Waals surface area contributed by atoms with Gasteiger partial charge in [-0.1, -0.05) is 55.5 Å². The first-order valence-corrected chi connectivity index (χ1v) is 7.35. The van der Waals surface area contributed by atoms with E-state index in [9.17, 15) is 0 Å². The fraction of sp³-hybridized carbons (Fsp3) is 0.368. The quantitative estimate of drug-likeness (QED) is 0.681. The molecule has 0 aliphatic heterocycles. The Kier molecular flexibility index (Phi) is 6.86. The molecule has 1 unspecified atom stereocenters. The summed E-state index contributed by atoms with van der Waals surface area (Å²) in [6.07, 6.45) is 18.7. The van der Waals surface area contributed by atoms with Crippen LogP contribution in [0, 0.1) is 5.92 Å². The van der Waals surface area contributed by atoms with E-state index in [4.69, 9.17) is 5.73 Å². The normalized spacial score (nSPS) is 21.6. The molecule has 1 nitrogen and oxygen atoms in total. The average Bonchev–Trinajstić information content (AvgIpc) is 2.37. The molecule has 0 heterocycles. The third-order valence-electron chi connectivity index (χ3n) is 3.46. The van der Waals surface area contributed by atoms with Crippen molar-refractivity contribution in [3.05, 3.63) is 71.5 Å². The highest BCUT2D eigenvalue weighted by molar-refractivity contribution is 5.33. The molecule has 1 aliphatic rings. The van der Waals surface area contributed by atoms with Crippen molar-refractivity contribution in [3.63, 3.8) is 0 Å². The Morgan fingerprint density at radius 1 is 1.30 bits per heavy atom. The third kappa shape index (κ3) is 6.42. The molecule has 0 bridgehead atoms. The molecule has 1 rings (SSSR count). The lowest BCUT2D eigenvalue weighted by Gasteiger charge is -2.17. The highest BCUT2D eigenvalue weighted by Gasteiger charge is 2.09. The summed E-state index contributed by atoms with van der Waals surface area (Å²) in [5.74, 6) is 0.698. The third-order valence-corrected chi connectivity index (χ3v) is 3.46. The van der Waals surface area contributed by atoms with E-state index in [1.165, 1.54) is 30.4 Å². The molecular formula is C19H27N. The second-order valence-electron chi connectivity index (χ2n) is 5.60. The molecule has 1 aliphatic carbocycles. The van der Waals surface area contributed by atoms with Crippen molar-refractivity contribution in [1.82, 2.24) is 0 Å². The van der Waals surface area contributed by atoms with Crippen LogP contribution in [0.15, 0.2) is 71.5 Å². The van der Waals surface area contributed by atoms with Gasteiger partial charge in [-0.15, -0.1) is 0 Å². The Morgan fingerprint density at radius 3 is 2.70 bits per heavy atom. The summed E-state index contributed by atoms with van der Waals surface area (Å²) in [6, 6.07) is 0. The van der Waals surface area contributed by atoms with Gasteiger partial charge in [0.2, 0.25) is 0 Å². The van der Waals surface area contributed by atoms with Crippen LogP contribution in [0.2, 0.25) is 0 Å². The number of allylic oxidation sites excluding steroid dienone is 10. The van der Waals surface area contributed by atoms with Crippen molar-refractivity contribution < 1.29 is 0 Å². The Bertz CT molecular complexity index is 484. The molecule has 0 amide bonds. The minimum atomic E-state index is 0.589. The molecular weight excluding hydrogens is 242 g/mol. The van der Waals surface area contributed by atoms with E-state index < -0.39 is 0 Å². The van der Waals surface area contributed by atoms with Crippen LogP contribution in [0.1, 0.15) is 40.0 Å². The molecule has 0 aromatic heterocycles. The molecule has 0 aromatic carbocycles. The van der Waals surface area contributed by atoms with Crippen LogP contribution in [-0.4, -0.2) is 0 Å². The minimum Gasteiger partial charge on any atom is -0.399 e. The van der Waals surface area contributed by atoms with Crippen molar-refractivity contribution >= 4 is 0 Å². The van der Waals surface area contributed by atoms with E-state index in [2.05, 4.69) is 44.7 Å². The SMILES string of the molecule is C=C(N)/C=C(C)/C=C/C=C(C)/C=C/C1=CCCCC1C. The Balaban J connectivity index is 2.59. The van der Waals surface area contributed by atoms with E-state index >= 15 is 0 Å². The van der Waals surface area contributed by atoms with E-state index in [0.717, 1.165) is 5.57 Å². The second-order valence-corrected chi connectivity index (χ2v) is 5.60. The standard InChI is InChI=1S/C19H27N/c1-15(8-7-9-16(2)14-18(4)20)12-13-19-11-6-5-10-17(19)3/h7-9,11-14,17H,4-6,10,20H2,1-3H3/b9-7+,13-12+,15-8+,16-14+. The van der Waals surface area contributed by atoms with Crippen molar-refractivity contribution in [2.45, 2.75) is 40.0 Å². The molecule has 108 valence electrons. The lowest BCUT2D eigenvalue weighted by molar-refractivity contribution is 0.563. The Labute approximate surface area is 124 Å². The minimum absolute atomic E-state index is 0.589. The van der Waals surface area contributed by atoms with Gasteiger partial charge < -0.3 is 5.73 Å². The van der Waals surface area contributed by atoms with Gasteiger partial charge in [-0.05, 0) is 56.3 Å². The predicted molar refractivity (Wildman–Crippen MR) is 90.2 cm³/mol. The van der Waals surface area contributed by atoms with Crippen LogP contribution < -0.4 is 5.73 Å². The van der Waals surface area contributed by atoms with Crippen molar-refractivity contribution in [1.29, 1.82) is 0 Å². The molecule has 0 spiro atoms. The highest BCUT2D eigenvalue weighted by atomic mass is 14.5. The molecule has 1 heteroatoms. The molecule has 0 fully saturated rings. The van der Waals surface area contributed by atoms with Crippen LogP contribution >= 0.6 is 0 Å². The highest BCUT2D eigenvalue weighted by Crippen LogP contribution is 2.25. The van der Waals surface area contributed by atoms with Gasteiger partial charge in [0, 0.05) is 5.70 Å². The molecule has 0 saturated carbocycles. The molecule has 0 saturated heterocycles. The summed E-state index contributed by atoms with van der Waals surface area (Å²) in [7, 11) is 0. The zero-order valence-electron chi connectivity index (χ0n) is 13.0. The zero-order chi connectivity index (χ0) is 15.0. The van der Waals surface area contributed by atoms with Crippen molar-refractivity contribution in [2.24, 2.45) is 11.7 Å². The van der Waals surface area contributed by atoms with E-state index in [-0.39, 0.29) is 0 Å². The van der Waals surface area contributed by atoms with Gasteiger partial charge >= 0.3 is 0 Å². The van der Waals surface area contributed by atoms with Gasteiger partial charge in [-0.3, -0.25) is 0 Å². The summed E-state index contributed by atoms with van der Waals surface area (Å²) in [5.41, 5.74) is 9.95. The molecule has 0 radical (unpaired) electrons. The van der Waals surface area contributed by atoms with E-state index in [1.807, 2.05) is 25.2 Å². The molecule has 20 heavy (non-hydrogen) atoms. The topological polar surface area (TPSA) is 26.0 Å². The van der Waals surface area contributed by atoms with Crippen LogP contribution in [-0.2, 0) is 0 Å². The van der Waals surface area contributed by atoms with Gasteiger partial charge in [-0.25, -0.2) is 0 Å². The van der Waals surface area contributed by atoms with Crippen molar-refractivity contribution in [2.75, 3.05) is 0 Å². The first kappa shape index (κ1) is 16.3. The predicted octanol–water partition coefficient (Wildman–Crippen LogP) is 5.21. The van der Waals surface area contributed by atoms with Crippen LogP contribution in [0.5, 0.6) is 0 Å². The maximum atomic E-state index is 5.53. The number of nitrogens with two attached hydrogens (primary N) is 1. The summed E-state index contributed by atoms with van der Waals surface area (Å²) >= 11 is 0. The summed E-state index contributed by atoms with van der Waals surface area (Å²) in [5, 5.41) is 0. The van der Waals surface area contributed by atoms with Gasteiger partial charge in [0.05, 0.1) is 0 Å². The number of rotatable bonds is 5.